The van der Waals surface area contributed by atoms with Gasteiger partial charge in [0, 0.05) is 39.6 Å². The highest BCUT2D eigenvalue weighted by atomic mass is 19.4. The number of carbonyl (C=O) groups excluding carboxylic acids is 1. The molecule has 0 atom stereocenters. The van der Waals surface area contributed by atoms with Crippen molar-refractivity contribution in [2.45, 2.75) is 25.6 Å². The van der Waals surface area contributed by atoms with Crippen LogP contribution in [0.5, 0.6) is 0 Å². The lowest BCUT2D eigenvalue weighted by atomic mass is 10.1. The molecule has 25 heavy (non-hydrogen) atoms. The molecule has 1 aliphatic rings. The number of carbonyl (C=O) groups is 1. The first-order chi connectivity index (χ1) is 11.8. The van der Waals surface area contributed by atoms with Crippen molar-refractivity contribution in [2.75, 3.05) is 27.2 Å². The molecule has 0 saturated heterocycles. The lowest BCUT2D eigenvalue weighted by Gasteiger charge is -2.22. The van der Waals surface area contributed by atoms with Crippen LogP contribution < -0.4 is 10.6 Å². The molecule has 1 saturated carbocycles. The van der Waals surface area contributed by atoms with Gasteiger partial charge in [-0.2, -0.15) is 13.2 Å². The van der Waals surface area contributed by atoms with Gasteiger partial charge in [0.1, 0.15) is 0 Å². The number of halogens is 3. The molecule has 1 aliphatic carbocycles. The largest absolute Gasteiger partial charge is 0.416 e. The summed E-state index contributed by atoms with van der Waals surface area (Å²) in [5, 5.41) is 5.97. The summed E-state index contributed by atoms with van der Waals surface area (Å²) in [6.07, 6.45) is -2.39. The van der Waals surface area contributed by atoms with Crippen LogP contribution in [0.1, 0.15) is 24.0 Å². The second-order valence-electron chi connectivity index (χ2n) is 6.09. The fraction of sp³-hybridized carbons (Fsp3) is 0.529. The van der Waals surface area contributed by atoms with E-state index in [0.717, 1.165) is 30.5 Å². The second-order valence-corrected chi connectivity index (χ2v) is 6.09. The van der Waals surface area contributed by atoms with Crippen molar-refractivity contribution in [3.8, 4) is 0 Å². The third-order valence-corrected chi connectivity index (χ3v) is 3.93. The zero-order valence-electron chi connectivity index (χ0n) is 14.4. The average molecular weight is 356 g/mol. The monoisotopic (exact) mass is 356 g/mol. The van der Waals surface area contributed by atoms with E-state index in [9.17, 15) is 18.0 Å². The van der Waals surface area contributed by atoms with E-state index >= 15 is 0 Å². The zero-order chi connectivity index (χ0) is 18.4. The first kappa shape index (κ1) is 19.1. The molecule has 0 spiro atoms. The Morgan fingerprint density at radius 2 is 1.80 bits per heavy atom. The Labute approximate surface area is 145 Å². The van der Waals surface area contributed by atoms with Gasteiger partial charge in [-0.15, -0.1) is 0 Å². The topological polar surface area (TPSA) is 56.7 Å². The summed E-state index contributed by atoms with van der Waals surface area (Å²) in [6.45, 7) is 1.46. The van der Waals surface area contributed by atoms with Crippen LogP contribution in [0.3, 0.4) is 0 Å². The molecule has 0 unspecified atom stereocenters. The number of hydrogen-bond acceptors (Lipinski definition) is 2. The van der Waals surface area contributed by atoms with Crippen molar-refractivity contribution < 1.29 is 18.0 Å². The van der Waals surface area contributed by atoms with Gasteiger partial charge in [-0.25, -0.2) is 0 Å². The summed E-state index contributed by atoms with van der Waals surface area (Å²) in [5.41, 5.74) is 0.0910. The Bertz CT molecular complexity index is 609. The molecule has 0 heterocycles. The zero-order valence-corrected chi connectivity index (χ0v) is 14.4. The predicted octanol–water partition coefficient (Wildman–Crippen LogP) is 2.24. The van der Waals surface area contributed by atoms with Crippen molar-refractivity contribution in [1.82, 2.24) is 15.5 Å². The molecule has 8 heteroatoms. The van der Waals surface area contributed by atoms with E-state index in [1.54, 1.807) is 14.1 Å². The lowest BCUT2D eigenvalue weighted by molar-refractivity contribution is -0.137. The molecule has 1 aromatic carbocycles. The van der Waals surface area contributed by atoms with Gasteiger partial charge in [0.05, 0.1) is 5.56 Å². The van der Waals surface area contributed by atoms with Crippen LogP contribution in [0.15, 0.2) is 29.3 Å². The quantitative estimate of drug-likeness (QED) is 0.467. The lowest BCUT2D eigenvalue weighted by Crippen LogP contribution is -2.42. The molecule has 2 rings (SSSR count). The summed E-state index contributed by atoms with van der Waals surface area (Å²) in [7, 11) is 3.43. The highest BCUT2D eigenvalue weighted by Crippen LogP contribution is 2.29. The molecule has 1 fully saturated rings. The maximum atomic E-state index is 12.6. The molecule has 1 amide bonds. The number of alkyl halides is 3. The van der Waals surface area contributed by atoms with E-state index in [1.165, 1.54) is 12.1 Å². The Hall–Kier alpha value is -2.25. The fourth-order valence-electron chi connectivity index (χ4n) is 2.38. The third-order valence-electron chi connectivity index (χ3n) is 3.93. The second kappa shape index (κ2) is 8.22. The van der Waals surface area contributed by atoms with Crippen molar-refractivity contribution in [3.63, 3.8) is 0 Å². The number of aliphatic imine (C=N–C) groups is 1. The standard InChI is InChI=1S/C17H23F3N4O/c1-21-16(23-10-9-22-15(25)13-5-6-13)24(2)11-12-3-7-14(8-4-12)17(18,19)20/h3-4,7-8,13H,5-6,9-11H2,1-2H3,(H,21,23)(H,22,25). The fourth-order valence-corrected chi connectivity index (χ4v) is 2.38. The van der Waals surface area contributed by atoms with Crippen molar-refractivity contribution >= 4 is 11.9 Å². The number of rotatable bonds is 6. The smallest absolute Gasteiger partial charge is 0.354 e. The molecular weight excluding hydrogens is 333 g/mol. The SMILES string of the molecule is CN=C(NCCNC(=O)C1CC1)N(C)Cc1ccc(C(F)(F)F)cc1. The average Bonchev–Trinajstić information content (AvgIpc) is 3.39. The molecule has 2 N–H and O–H groups in total. The highest BCUT2D eigenvalue weighted by molar-refractivity contribution is 5.81. The van der Waals surface area contributed by atoms with E-state index in [2.05, 4.69) is 15.6 Å². The van der Waals surface area contributed by atoms with E-state index in [1.807, 2.05) is 4.90 Å². The summed E-state index contributed by atoms with van der Waals surface area (Å²) in [5.74, 6) is 0.886. The van der Waals surface area contributed by atoms with Crippen LogP contribution in [0.4, 0.5) is 13.2 Å². The highest BCUT2D eigenvalue weighted by Gasteiger charge is 2.30. The Morgan fingerprint density at radius 1 is 1.20 bits per heavy atom. The number of amides is 1. The van der Waals surface area contributed by atoms with Gasteiger partial charge in [-0.1, -0.05) is 12.1 Å². The Morgan fingerprint density at radius 3 is 2.32 bits per heavy atom. The summed E-state index contributed by atoms with van der Waals surface area (Å²) in [6, 6.07) is 5.07. The first-order valence-electron chi connectivity index (χ1n) is 8.17. The Balaban J connectivity index is 1.78. The number of nitrogens with one attached hydrogen (secondary N) is 2. The minimum atomic E-state index is -4.33. The number of hydrogen-bond donors (Lipinski definition) is 2. The molecular formula is C17H23F3N4O. The third kappa shape index (κ3) is 5.95. The molecule has 0 aliphatic heterocycles. The maximum absolute atomic E-state index is 12.6. The van der Waals surface area contributed by atoms with Crippen LogP contribution in [-0.2, 0) is 17.5 Å². The molecule has 0 bridgehead atoms. The summed E-state index contributed by atoms with van der Waals surface area (Å²) < 4.78 is 37.7. The van der Waals surface area contributed by atoms with E-state index in [-0.39, 0.29) is 11.8 Å². The minimum absolute atomic E-state index is 0.0925. The van der Waals surface area contributed by atoms with Gasteiger partial charge < -0.3 is 15.5 Å². The molecule has 138 valence electrons. The number of guanidine groups is 1. The minimum Gasteiger partial charge on any atom is -0.354 e. The van der Waals surface area contributed by atoms with Crippen molar-refractivity contribution in [3.05, 3.63) is 35.4 Å². The molecule has 0 radical (unpaired) electrons. The van der Waals surface area contributed by atoms with Crippen molar-refractivity contribution in [1.29, 1.82) is 0 Å². The molecule has 5 nitrogen and oxygen atoms in total. The molecule has 1 aromatic rings. The van der Waals surface area contributed by atoms with Crippen LogP contribution >= 0.6 is 0 Å². The van der Waals surface area contributed by atoms with E-state index in [0.29, 0.717) is 25.6 Å². The normalized spacial score (nSPS) is 15.0. The van der Waals surface area contributed by atoms with Gasteiger partial charge in [0.15, 0.2) is 5.96 Å². The van der Waals surface area contributed by atoms with E-state index in [4.69, 9.17) is 0 Å². The number of nitrogens with zero attached hydrogens (tertiary/aromatic N) is 2. The van der Waals surface area contributed by atoms with Gasteiger partial charge in [-0.3, -0.25) is 9.79 Å². The Kier molecular flexibility index (Phi) is 6.27. The van der Waals surface area contributed by atoms with Gasteiger partial charge in [-0.05, 0) is 30.5 Å². The van der Waals surface area contributed by atoms with E-state index < -0.39 is 11.7 Å². The summed E-state index contributed by atoms with van der Waals surface area (Å²) in [4.78, 5) is 17.5. The van der Waals surface area contributed by atoms with Crippen LogP contribution in [0, 0.1) is 5.92 Å². The summed E-state index contributed by atoms with van der Waals surface area (Å²) >= 11 is 0. The maximum Gasteiger partial charge on any atom is 0.416 e. The van der Waals surface area contributed by atoms with Gasteiger partial charge in [0.25, 0.3) is 0 Å². The van der Waals surface area contributed by atoms with Crippen molar-refractivity contribution in [2.24, 2.45) is 10.9 Å². The van der Waals surface area contributed by atoms with Crippen LogP contribution in [0.2, 0.25) is 0 Å². The molecule has 0 aromatic heterocycles. The predicted molar refractivity (Wildman–Crippen MR) is 90.0 cm³/mol. The van der Waals surface area contributed by atoms with Gasteiger partial charge in [0.2, 0.25) is 5.91 Å². The van der Waals surface area contributed by atoms with Crippen LogP contribution in [0.25, 0.3) is 0 Å². The van der Waals surface area contributed by atoms with Crippen LogP contribution in [-0.4, -0.2) is 44.0 Å². The van der Waals surface area contributed by atoms with Gasteiger partial charge >= 0.3 is 6.18 Å². The first-order valence-corrected chi connectivity index (χ1v) is 8.17. The number of benzene rings is 1.